The van der Waals surface area contributed by atoms with Crippen LogP contribution in [0, 0.1) is 0 Å². The van der Waals surface area contributed by atoms with E-state index in [0.29, 0.717) is 12.1 Å². The van der Waals surface area contributed by atoms with Crippen molar-refractivity contribution in [3.63, 3.8) is 0 Å². The van der Waals surface area contributed by atoms with Crippen molar-refractivity contribution in [2.24, 2.45) is 5.73 Å². The van der Waals surface area contributed by atoms with Gasteiger partial charge in [0.1, 0.15) is 0 Å². The average molecular weight is 285 g/mol. The molecule has 0 spiro atoms. The molecular formula is C17H23N3O. The van der Waals surface area contributed by atoms with Crippen molar-refractivity contribution in [1.29, 1.82) is 0 Å². The first-order chi connectivity index (χ1) is 10.3. The fourth-order valence-corrected chi connectivity index (χ4v) is 2.92. The third-order valence-corrected chi connectivity index (χ3v) is 4.14. The van der Waals surface area contributed by atoms with Gasteiger partial charge in [0.2, 0.25) is 0 Å². The molecule has 3 N–H and O–H groups in total. The van der Waals surface area contributed by atoms with Crippen molar-refractivity contribution in [2.45, 2.75) is 37.8 Å². The van der Waals surface area contributed by atoms with E-state index in [9.17, 15) is 0 Å². The van der Waals surface area contributed by atoms with Crippen molar-refractivity contribution in [1.82, 2.24) is 4.98 Å². The van der Waals surface area contributed by atoms with E-state index >= 15 is 0 Å². The summed E-state index contributed by atoms with van der Waals surface area (Å²) in [4.78, 5) is 4.37. The second kappa shape index (κ2) is 6.87. The lowest BCUT2D eigenvalue weighted by Gasteiger charge is -2.26. The largest absolute Gasteiger partial charge is 0.382 e. The maximum atomic E-state index is 5.93. The van der Waals surface area contributed by atoms with Crippen LogP contribution in [0.4, 0.5) is 5.69 Å². The van der Waals surface area contributed by atoms with Crippen LogP contribution in [0.15, 0.2) is 36.5 Å². The van der Waals surface area contributed by atoms with Crippen LogP contribution in [0.1, 0.15) is 25.7 Å². The molecule has 0 amide bonds. The molecule has 0 unspecified atom stereocenters. The van der Waals surface area contributed by atoms with E-state index < -0.39 is 0 Å². The zero-order chi connectivity index (χ0) is 14.5. The summed E-state index contributed by atoms with van der Waals surface area (Å²) in [5.41, 5.74) is 8.05. The zero-order valence-corrected chi connectivity index (χ0v) is 12.3. The number of nitrogens with two attached hydrogens (primary N) is 1. The SMILES string of the molecule is NC1CCC(OCCNc2ccnc3ccccc23)CC1. The van der Waals surface area contributed by atoms with Crippen LogP contribution in [-0.4, -0.2) is 30.3 Å². The first-order valence-corrected chi connectivity index (χ1v) is 7.78. The van der Waals surface area contributed by atoms with Gasteiger partial charge in [-0.2, -0.15) is 0 Å². The van der Waals surface area contributed by atoms with Gasteiger partial charge < -0.3 is 15.8 Å². The molecule has 1 saturated carbocycles. The molecule has 1 aliphatic carbocycles. The Morgan fingerprint density at radius 3 is 2.81 bits per heavy atom. The highest BCUT2D eigenvalue weighted by molar-refractivity contribution is 5.90. The summed E-state index contributed by atoms with van der Waals surface area (Å²) in [6, 6.07) is 10.6. The molecule has 2 aromatic rings. The second-order valence-electron chi connectivity index (χ2n) is 5.71. The molecule has 1 fully saturated rings. The normalized spacial score (nSPS) is 22.3. The molecule has 0 radical (unpaired) electrons. The quantitative estimate of drug-likeness (QED) is 0.829. The number of ether oxygens (including phenoxy) is 1. The third kappa shape index (κ3) is 3.71. The van der Waals surface area contributed by atoms with Crippen LogP contribution in [-0.2, 0) is 4.74 Å². The predicted molar refractivity (Wildman–Crippen MR) is 86.4 cm³/mol. The minimum Gasteiger partial charge on any atom is -0.382 e. The highest BCUT2D eigenvalue weighted by atomic mass is 16.5. The molecule has 1 aromatic heterocycles. The number of rotatable bonds is 5. The molecule has 0 bridgehead atoms. The van der Waals surface area contributed by atoms with Gasteiger partial charge in [-0.3, -0.25) is 4.98 Å². The van der Waals surface area contributed by atoms with Crippen LogP contribution in [0.3, 0.4) is 0 Å². The summed E-state index contributed by atoms with van der Waals surface area (Å²) in [6.45, 7) is 1.55. The van der Waals surface area contributed by atoms with Crippen LogP contribution in [0.25, 0.3) is 10.9 Å². The van der Waals surface area contributed by atoms with Gasteiger partial charge in [-0.05, 0) is 37.8 Å². The molecule has 0 aliphatic heterocycles. The van der Waals surface area contributed by atoms with Crippen LogP contribution in [0.5, 0.6) is 0 Å². The van der Waals surface area contributed by atoms with E-state index in [1.807, 2.05) is 30.5 Å². The Kier molecular flexibility index (Phi) is 4.68. The van der Waals surface area contributed by atoms with Crippen LogP contribution < -0.4 is 11.1 Å². The number of hydrogen-bond donors (Lipinski definition) is 2. The summed E-state index contributed by atoms with van der Waals surface area (Å²) in [5.74, 6) is 0. The van der Waals surface area contributed by atoms with E-state index in [1.54, 1.807) is 0 Å². The minimum atomic E-state index is 0.381. The number of benzene rings is 1. The van der Waals surface area contributed by atoms with E-state index in [1.165, 1.54) is 0 Å². The third-order valence-electron chi connectivity index (χ3n) is 4.14. The Morgan fingerprint density at radius 1 is 1.14 bits per heavy atom. The number of aromatic nitrogens is 1. The number of para-hydroxylation sites is 1. The minimum absolute atomic E-state index is 0.381. The Hall–Kier alpha value is -1.65. The lowest BCUT2D eigenvalue weighted by atomic mass is 9.94. The number of fused-ring (bicyclic) bond motifs is 1. The summed E-state index contributed by atoms with van der Waals surface area (Å²) in [5, 5.41) is 4.60. The number of hydrogen-bond acceptors (Lipinski definition) is 4. The summed E-state index contributed by atoms with van der Waals surface area (Å²) >= 11 is 0. The van der Waals surface area contributed by atoms with Gasteiger partial charge in [0, 0.05) is 29.9 Å². The maximum absolute atomic E-state index is 5.93. The maximum Gasteiger partial charge on any atom is 0.0722 e. The van der Waals surface area contributed by atoms with E-state index in [0.717, 1.165) is 55.4 Å². The van der Waals surface area contributed by atoms with Gasteiger partial charge in [-0.1, -0.05) is 18.2 Å². The van der Waals surface area contributed by atoms with Gasteiger partial charge in [-0.15, -0.1) is 0 Å². The molecule has 4 heteroatoms. The molecule has 1 heterocycles. The molecular weight excluding hydrogens is 262 g/mol. The van der Waals surface area contributed by atoms with Crippen LogP contribution >= 0.6 is 0 Å². The van der Waals surface area contributed by atoms with Crippen molar-refractivity contribution in [3.05, 3.63) is 36.5 Å². The van der Waals surface area contributed by atoms with Crippen LogP contribution in [0.2, 0.25) is 0 Å². The highest BCUT2D eigenvalue weighted by Crippen LogP contribution is 2.21. The fourth-order valence-electron chi connectivity index (χ4n) is 2.92. The highest BCUT2D eigenvalue weighted by Gasteiger charge is 2.18. The monoisotopic (exact) mass is 285 g/mol. The van der Waals surface area contributed by atoms with Crippen molar-refractivity contribution >= 4 is 16.6 Å². The summed E-state index contributed by atoms with van der Waals surface area (Å²) in [6.07, 6.45) is 6.60. The standard InChI is InChI=1S/C17H23N3O/c18-13-5-7-14(8-6-13)21-12-11-20-17-9-10-19-16-4-2-1-3-15(16)17/h1-4,9-10,13-14H,5-8,11-12,18H2,(H,19,20). The first kappa shape index (κ1) is 14.3. The molecule has 21 heavy (non-hydrogen) atoms. The lowest BCUT2D eigenvalue weighted by molar-refractivity contribution is 0.0313. The molecule has 1 aromatic carbocycles. The molecule has 4 nitrogen and oxygen atoms in total. The van der Waals surface area contributed by atoms with Gasteiger partial charge >= 0.3 is 0 Å². The van der Waals surface area contributed by atoms with Crippen molar-refractivity contribution < 1.29 is 4.74 Å². The zero-order valence-electron chi connectivity index (χ0n) is 12.3. The Bertz CT molecular complexity index is 574. The van der Waals surface area contributed by atoms with Gasteiger partial charge in [0.25, 0.3) is 0 Å². The first-order valence-electron chi connectivity index (χ1n) is 7.78. The number of anilines is 1. The summed E-state index contributed by atoms with van der Waals surface area (Å²) in [7, 11) is 0. The fraction of sp³-hybridized carbons (Fsp3) is 0.471. The van der Waals surface area contributed by atoms with E-state index in [4.69, 9.17) is 10.5 Å². The number of pyridine rings is 1. The smallest absolute Gasteiger partial charge is 0.0722 e. The van der Waals surface area contributed by atoms with E-state index in [2.05, 4.69) is 16.4 Å². The number of nitrogens with zero attached hydrogens (tertiary/aromatic N) is 1. The molecule has 1 aliphatic rings. The predicted octanol–water partition coefficient (Wildman–Crippen LogP) is 2.93. The second-order valence-corrected chi connectivity index (χ2v) is 5.71. The molecule has 0 saturated heterocycles. The Labute approximate surface area is 125 Å². The molecule has 112 valence electrons. The van der Waals surface area contributed by atoms with Crippen molar-refractivity contribution in [3.8, 4) is 0 Å². The van der Waals surface area contributed by atoms with Crippen molar-refractivity contribution in [2.75, 3.05) is 18.5 Å². The van der Waals surface area contributed by atoms with Gasteiger partial charge in [0.15, 0.2) is 0 Å². The summed E-state index contributed by atoms with van der Waals surface area (Å²) < 4.78 is 5.93. The average Bonchev–Trinajstić information content (AvgIpc) is 2.53. The Morgan fingerprint density at radius 2 is 1.95 bits per heavy atom. The van der Waals surface area contributed by atoms with Gasteiger partial charge in [0.05, 0.1) is 18.2 Å². The van der Waals surface area contributed by atoms with Gasteiger partial charge in [-0.25, -0.2) is 0 Å². The topological polar surface area (TPSA) is 60.2 Å². The molecule has 3 rings (SSSR count). The lowest BCUT2D eigenvalue weighted by Crippen LogP contribution is -2.31. The number of nitrogens with one attached hydrogen (secondary N) is 1. The molecule has 0 atom stereocenters. The Balaban J connectivity index is 1.48. The van der Waals surface area contributed by atoms with E-state index in [-0.39, 0.29) is 0 Å².